The molecule has 0 N–H and O–H groups in total. The van der Waals surface area contributed by atoms with Crippen LogP contribution in [0.3, 0.4) is 0 Å². The van der Waals surface area contributed by atoms with Crippen LogP contribution in [0.2, 0.25) is 0 Å². The normalized spacial score (nSPS) is 14.8. The van der Waals surface area contributed by atoms with Crippen LogP contribution in [0.15, 0.2) is 91.0 Å². The van der Waals surface area contributed by atoms with Gasteiger partial charge in [0, 0.05) is 23.7 Å². The van der Waals surface area contributed by atoms with E-state index >= 15 is 0 Å². The molecule has 0 amide bonds. The Morgan fingerprint density at radius 3 is 1.94 bits per heavy atom. The molecule has 4 aromatic rings. The van der Waals surface area contributed by atoms with Crippen molar-refractivity contribution >= 4 is 11.4 Å². The van der Waals surface area contributed by atoms with Gasteiger partial charge >= 0.3 is 0 Å². The van der Waals surface area contributed by atoms with Gasteiger partial charge in [-0.2, -0.15) is 0 Å². The molecule has 0 saturated carbocycles. The second-order valence-electron chi connectivity index (χ2n) is 11.5. The standard InChI is InChI=1S/C34H37N/c1-23(2)27-21-22-29-28-15-11-12-16-30(28)34(6,7)31(29)32(27)35(33(3,4)5)26-19-17-25(18-20-26)24-13-9-8-10-14-24/h8-23H,1-7H3/i23D. The van der Waals surface area contributed by atoms with Crippen LogP contribution in [-0.2, 0) is 5.41 Å². The number of fused-ring (bicyclic) bond motifs is 3. The molecule has 1 aliphatic rings. The highest BCUT2D eigenvalue weighted by molar-refractivity contribution is 5.90. The Bertz CT molecular complexity index is 1400. The van der Waals surface area contributed by atoms with Gasteiger partial charge in [0.15, 0.2) is 0 Å². The Morgan fingerprint density at radius 1 is 0.714 bits per heavy atom. The summed E-state index contributed by atoms with van der Waals surface area (Å²) in [6, 6.07) is 32.7. The second-order valence-corrected chi connectivity index (χ2v) is 11.5. The van der Waals surface area contributed by atoms with Crippen molar-refractivity contribution in [2.75, 3.05) is 4.90 Å². The van der Waals surface area contributed by atoms with E-state index < -0.39 is 5.89 Å². The number of rotatable bonds is 4. The zero-order chi connectivity index (χ0) is 25.9. The second kappa shape index (κ2) is 8.41. The van der Waals surface area contributed by atoms with Gasteiger partial charge in [-0.3, -0.25) is 0 Å². The van der Waals surface area contributed by atoms with Crippen molar-refractivity contribution in [3.63, 3.8) is 0 Å². The van der Waals surface area contributed by atoms with E-state index in [1.807, 2.05) is 13.8 Å². The first-order chi connectivity index (χ1) is 16.9. The van der Waals surface area contributed by atoms with Crippen molar-refractivity contribution in [1.29, 1.82) is 0 Å². The van der Waals surface area contributed by atoms with Gasteiger partial charge in [-0.15, -0.1) is 0 Å². The van der Waals surface area contributed by atoms with Crippen molar-refractivity contribution < 1.29 is 1.37 Å². The molecule has 0 fully saturated rings. The number of nitrogens with zero attached hydrogens (tertiary/aromatic N) is 1. The summed E-state index contributed by atoms with van der Waals surface area (Å²) >= 11 is 0. The predicted octanol–water partition coefficient (Wildman–Crippen LogP) is 9.72. The number of hydrogen-bond donors (Lipinski definition) is 0. The summed E-state index contributed by atoms with van der Waals surface area (Å²) in [4.78, 5) is 2.47. The molecule has 0 saturated heterocycles. The van der Waals surface area contributed by atoms with Crippen LogP contribution >= 0.6 is 0 Å². The molecule has 0 bridgehead atoms. The van der Waals surface area contributed by atoms with Crippen LogP contribution in [0, 0.1) is 0 Å². The Hall–Kier alpha value is -3.32. The van der Waals surface area contributed by atoms with E-state index in [0.29, 0.717) is 0 Å². The molecule has 0 unspecified atom stereocenters. The van der Waals surface area contributed by atoms with E-state index in [1.165, 1.54) is 39.1 Å². The van der Waals surface area contributed by atoms with Crippen molar-refractivity contribution in [3.8, 4) is 22.3 Å². The minimum atomic E-state index is -0.747. The van der Waals surface area contributed by atoms with E-state index in [1.54, 1.807) is 0 Å². The van der Waals surface area contributed by atoms with Crippen LogP contribution in [0.5, 0.6) is 0 Å². The maximum absolute atomic E-state index is 9.15. The van der Waals surface area contributed by atoms with E-state index in [2.05, 4.69) is 131 Å². The fourth-order valence-electron chi connectivity index (χ4n) is 5.77. The zero-order valence-corrected chi connectivity index (χ0v) is 22.1. The smallest absolute Gasteiger partial charge is 0.0498 e. The third-order valence-electron chi connectivity index (χ3n) is 7.36. The minimum Gasteiger partial charge on any atom is -0.336 e. The van der Waals surface area contributed by atoms with Gasteiger partial charge in [0.25, 0.3) is 0 Å². The van der Waals surface area contributed by atoms with Crippen molar-refractivity contribution in [2.24, 2.45) is 0 Å². The monoisotopic (exact) mass is 460 g/mol. The van der Waals surface area contributed by atoms with Crippen molar-refractivity contribution in [1.82, 2.24) is 0 Å². The van der Waals surface area contributed by atoms with Crippen LogP contribution in [0.4, 0.5) is 11.4 Å². The number of benzene rings is 4. The van der Waals surface area contributed by atoms with Crippen LogP contribution < -0.4 is 4.90 Å². The SMILES string of the molecule is [2H]C(C)(C)c1ccc2c(c1N(c1ccc(-c3ccccc3)cc1)C(C)(C)C)C(C)(C)c1ccccc1-2. The first kappa shape index (κ1) is 22.2. The number of hydrogen-bond acceptors (Lipinski definition) is 1. The first-order valence-corrected chi connectivity index (χ1v) is 12.6. The molecule has 0 aliphatic heterocycles. The summed E-state index contributed by atoms with van der Waals surface area (Å²) in [7, 11) is 0. The van der Waals surface area contributed by atoms with Gasteiger partial charge in [-0.05, 0) is 77.7 Å². The zero-order valence-electron chi connectivity index (χ0n) is 23.1. The summed E-state index contributed by atoms with van der Waals surface area (Å²) < 4.78 is 9.15. The number of anilines is 2. The highest BCUT2D eigenvalue weighted by atomic mass is 15.2. The van der Waals surface area contributed by atoms with Gasteiger partial charge in [-0.1, -0.05) is 107 Å². The molecule has 4 aromatic carbocycles. The Morgan fingerprint density at radius 2 is 1.31 bits per heavy atom. The van der Waals surface area contributed by atoms with Crippen LogP contribution in [-0.4, -0.2) is 5.54 Å². The fraction of sp³-hybridized carbons (Fsp3) is 0.294. The molecule has 1 aliphatic carbocycles. The molecule has 5 rings (SSSR count). The molecule has 0 heterocycles. The van der Waals surface area contributed by atoms with E-state index in [0.717, 1.165) is 11.3 Å². The van der Waals surface area contributed by atoms with E-state index in [4.69, 9.17) is 1.37 Å². The lowest BCUT2D eigenvalue weighted by Gasteiger charge is -2.42. The fourth-order valence-corrected chi connectivity index (χ4v) is 5.77. The largest absolute Gasteiger partial charge is 0.336 e. The first-order valence-electron chi connectivity index (χ1n) is 13.1. The summed E-state index contributed by atoms with van der Waals surface area (Å²) in [6.45, 7) is 15.5. The molecule has 1 nitrogen and oxygen atoms in total. The Balaban J connectivity index is 1.78. The third kappa shape index (κ3) is 3.88. The minimum absolute atomic E-state index is 0.171. The summed E-state index contributed by atoms with van der Waals surface area (Å²) in [6.07, 6.45) is 0. The maximum Gasteiger partial charge on any atom is 0.0498 e. The topological polar surface area (TPSA) is 3.24 Å². The average Bonchev–Trinajstić information content (AvgIpc) is 3.06. The maximum atomic E-state index is 9.15. The molecule has 0 atom stereocenters. The third-order valence-corrected chi connectivity index (χ3v) is 7.36. The lowest BCUT2D eigenvalue weighted by molar-refractivity contribution is 0.550. The highest BCUT2D eigenvalue weighted by Gasteiger charge is 2.41. The van der Waals surface area contributed by atoms with Crippen molar-refractivity contribution in [3.05, 3.63) is 108 Å². The van der Waals surface area contributed by atoms with E-state index in [9.17, 15) is 0 Å². The van der Waals surface area contributed by atoms with Gasteiger partial charge in [0.1, 0.15) is 0 Å². The molecule has 0 aromatic heterocycles. The lowest BCUT2D eigenvalue weighted by atomic mass is 9.78. The predicted molar refractivity (Wildman–Crippen MR) is 152 cm³/mol. The van der Waals surface area contributed by atoms with Gasteiger partial charge in [0.05, 0.1) is 0 Å². The van der Waals surface area contributed by atoms with Gasteiger partial charge in [0.2, 0.25) is 0 Å². The summed E-state index contributed by atoms with van der Waals surface area (Å²) in [5, 5.41) is 0. The quantitative estimate of drug-likeness (QED) is 0.293. The van der Waals surface area contributed by atoms with Crippen LogP contribution in [0.25, 0.3) is 22.3 Å². The Kier molecular flexibility index (Phi) is 5.33. The average molecular weight is 461 g/mol. The summed E-state index contributed by atoms with van der Waals surface area (Å²) in [5.74, 6) is -0.747. The molecular formula is C34H37N. The van der Waals surface area contributed by atoms with Crippen molar-refractivity contribution in [2.45, 2.75) is 65.3 Å². The molecule has 178 valence electrons. The van der Waals surface area contributed by atoms with Crippen LogP contribution in [0.1, 0.15) is 72.4 Å². The molecular weight excluding hydrogens is 422 g/mol. The molecule has 35 heavy (non-hydrogen) atoms. The lowest BCUT2D eigenvalue weighted by Crippen LogP contribution is -2.40. The molecule has 0 radical (unpaired) electrons. The van der Waals surface area contributed by atoms with E-state index in [-0.39, 0.29) is 11.0 Å². The summed E-state index contributed by atoms with van der Waals surface area (Å²) in [5.41, 5.74) is 10.7. The Labute approximate surface area is 212 Å². The highest BCUT2D eigenvalue weighted by Crippen LogP contribution is 2.55. The molecule has 1 heteroatoms. The van der Waals surface area contributed by atoms with Gasteiger partial charge < -0.3 is 4.90 Å². The van der Waals surface area contributed by atoms with Gasteiger partial charge in [-0.25, -0.2) is 0 Å². The molecule has 0 spiro atoms.